The van der Waals surface area contributed by atoms with E-state index in [-0.39, 0.29) is 5.65 Å². The minimum atomic E-state index is -4.61. The Kier molecular flexibility index (Phi) is 2.08. The number of nitrogens with zero attached hydrogens (tertiary/aromatic N) is 2. The second-order valence-corrected chi connectivity index (χ2v) is 3.50. The highest BCUT2D eigenvalue weighted by Gasteiger charge is 2.33. The first-order valence-corrected chi connectivity index (χ1v) is 4.47. The third-order valence-corrected chi connectivity index (χ3v) is 2.39. The largest absolute Gasteiger partial charge is 0.433 e. The number of nitrogens with one attached hydrogen (secondary N) is 1. The molecule has 1 N–H and O–H groups in total. The van der Waals surface area contributed by atoms with Gasteiger partial charge in [-0.05, 0) is 13.8 Å². The number of alkyl halides is 3. The number of H-pyrrole nitrogens is 1. The zero-order valence-corrected chi connectivity index (χ0v) is 8.51. The van der Waals surface area contributed by atoms with Gasteiger partial charge in [-0.2, -0.15) is 13.2 Å². The first kappa shape index (κ1) is 10.7. The number of fused-ring (bicyclic) bond motifs is 1. The van der Waals surface area contributed by atoms with Gasteiger partial charge in [0.2, 0.25) is 0 Å². The van der Waals surface area contributed by atoms with E-state index in [1.54, 1.807) is 13.8 Å². The Labute approximate surface area is 87.7 Å². The third-order valence-electron chi connectivity index (χ3n) is 2.39. The van der Waals surface area contributed by atoms with Crippen LogP contribution in [0.5, 0.6) is 0 Å². The van der Waals surface area contributed by atoms with Gasteiger partial charge in [0.15, 0.2) is 11.3 Å². The van der Waals surface area contributed by atoms with Crippen molar-refractivity contribution in [1.29, 1.82) is 0 Å². The lowest BCUT2D eigenvalue weighted by atomic mass is 10.3. The second kappa shape index (κ2) is 3.10. The van der Waals surface area contributed by atoms with Crippen LogP contribution in [0, 0.1) is 13.8 Å². The van der Waals surface area contributed by atoms with E-state index in [0.717, 1.165) is 4.52 Å². The van der Waals surface area contributed by atoms with Gasteiger partial charge in [0.1, 0.15) is 0 Å². The van der Waals surface area contributed by atoms with E-state index in [0.29, 0.717) is 17.3 Å². The molecule has 2 aromatic rings. The predicted molar refractivity (Wildman–Crippen MR) is 50.3 cm³/mol. The predicted octanol–water partition coefficient (Wildman–Crippen LogP) is 1.66. The minimum absolute atomic E-state index is 0.0114. The van der Waals surface area contributed by atoms with Crippen molar-refractivity contribution in [3.8, 4) is 0 Å². The van der Waals surface area contributed by atoms with Crippen LogP contribution in [0.15, 0.2) is 10.9 Å². The Morgan fingerprint density at radius 1 is 1.38 bits per heavy atom. The van der Waals surface area contributed by atoms with E-state index in [1.165, 1.54) is 0 Å². The van der Waals surface area contributed by atoms with Crippen LogP contribution in [0.25, 0.3) is 5.65 Å². The molecule has 4 nitrogen and oxygen atoms in total. The van der Waals surface area contributed by atoms with Gasteiger partial charge in [0, 0.05) is 17.3 Å². The van der Waals surface area contributed by atoms with Crippen LogP contribution in [0.3, 0.4) is 0 Å². The smallest absolute Gasteiger partial charge is 0.294 e. The summed E-state index contributed by atoms with van der Waals surface area (Å²) in [4.78, 5) is 14.8. The lowest BCUT2D eigenvalue weighted by Crippen LogP contribution is -2.20. The quantitative estimate of drug-likeness (QED) is 0.749. The zero-order valence-electron chi connectivity index (χ0n) is 8.51. The molecule has 0 amide bonds. The van der Waals surface area contributed by atoms with Crippen LogP contribution in [-0.2, 0) is 6.18 Å². The Bertz CT molecular complexity index is 609. The highest BCUT2D eigenvalue weighted by atomic mass is 19.4. The van der Waals surface area contributed by atoms with Gasteiger partial charge in [0.25, 0.3) is 5.56 Å². The third kappa shape index (κ3) is 1.48. The Balaban J connectivity index is 2.86. The van der Waals surface area contributed by atoms with Crippen LogP contribution < -0.4 is 5.56 Å². The summed E-state index contributed by atoms with van der Waals surface area (Å²) >= 11 is 0. The van der Waals surface area contributed by atoms with Crippen molar-refractivity contribution in [2.75, 3.05) is 0 Å². The number of hydrogen-bond donors (Lipinski definition) is 1. The molecule has 0 unspecified atom stereocenters. The van der Waals surface area contributed by atoms with E-state index in [2.05, 4.69) is 10.1 Å². The lowest BCUT2D eigenvalue weighted by molar-refractivity contribution is -0.141. The average molecular weight is 231 g/mol. The second-order valence-electron chi connectivity index (χ2n) is 3.50. The molecule has 0 aliphatic heterocycles. The first-order chi connectivity index (χ1) is 7.30. The summed E-state index contributed by atoms with van der Waals surface area (Å²) in [5.41, 5.74) is -0.780. The van der Waals surface area contributed by atoms with E-state index in [9.17, 15) is 18.0 Å². The summed E-state index contributed by atoms with van der Waals surface area (Å²) in [6.07, 6.45) is -4.61. The lowest BCUT2D eigenvalue weighted by Gasteiger charge is -2.04. The summed E-state index contributed by atoms with van der Waals surface area (Å²) in [5, 5.41) is 2.65. The molecule has 2 aromatic heterocycles. The highest BCUT2D eigenvalue weighted by Crippen LogP contribution is 2.27. The van der Waals surface area contributed by atoms with Crippen LogP contribution in [0.4, 0.5) is 13.2 Å². The zero-order chi connectivity index (χ0) is 12.1. The molecule has 86 valence electrons. The molecular formula is C9H8F3N3O. The topological polar surface area (TPSA) is 50.2 Å². The maximum Gasteiger partial charge on any atom is 0.433 e. The van der Waals surface area contributed by atoms with Crippen molar-refractivity contribution in [2.24, 2.45) is 0 Å². The Hall–Kier alpha value is -1.79. The molecule has 0 fully saturated rings. The summed E-state index contributed by atoms with van der Waals surface area (Å²) in [5.74, 6) is 0. The normalized spacial score (nSPS) is 12.3. The fourth-order valence-corrected chi connectivity index (χ4v) is 1.41. The van der Waals surface area contributed by atoms with Crippen molar-refractivity contribution in [1.82, 2.24) is 14.6 Å². The molecule has 0 aliphatic carbocycles. The van der Waals surface area contributed by atoms with E-state index in [1.807, 2.05) is 0 Å². The van der Waals surface area contributed by atoms with Crippen LogP contribution in [-0.4, -0.2) is 14.6 Å². The first-order valence-electron chi connectivity index (χ1n) is 4.47. The minimum Gasteiger partial charge on any atom is -0.294 e. The summed E-state index contributed by atoms with van der Waals surface area (Å²) in [6.45, 7) is 3.27. The van der Waals surface area contributed by atoms with Crippen molar-refractivity contribution >= 4 is 5.65 Å². The molecule has 0 radical (unpaired) electrons. The Morgan fingerprint density at radius 3 is 2.56 bits per heavy atom. The van der Waals surface area contributed by atoms with Gasteiger partial charge < -0.3 is 0 Å². The standard InChI is InChI=1S/C9H8F3N3O/c1-4-5(2)14-15-7(16)3-6(9(10,11)12)13-8(4)15/h3,14H,1-2H3. The van der Waals surface area contributed by atoms with Gasteiger partial charge in [-0.3, -0.25) is 9.89 Å². The molecule has 0 bridgehead atoms. The number of aryl methyl sites for hydroxylation is 2. The average Bonchev–Trinajstić information content (AvgIpc) is 2.44. The summed E-state index contributed by atoms with van der Waals surface area (Å²) in [7, 11) is 0. The van der Waals surface area contributed by atoms with Crippen molar-refractivity contribution in [3.05, 3.63) is 33.4 Å². The molecule has 16 heavy (non-hydrogen) atoms. The van der Waals surface area contributed by atoms with E-state index in [4.69, 9.17) is 0 Å². The van der Waals surface area contributed by atoms with Gasteiger partial charge in [-0.25, -0.2) is 9.50 Å². The monoisotopic (exact) mass is 231 g/mol. The molecule has 0 atom stereocenters. The van der Waals surface area contributed by atoms with Gasteiger partial charge >= 0.3 is 6.18 Å². The maximum absolute atomic E-state index is 12.4. The molecule has 2 heterocycles. The number of rotatable bonds is 0. The van der Waals surface area contributed by atoms with Crippen molar-refractivity contribution in [3.63, 3.8) is 0 Å². The van der Waals surface area contributed by atoms with Crippen LogP contribution in [0.2, 0.25) is 0 Å². The van der Waals surface area contributed by atoms with E-state index >= 15 is 0 Å². The molecule has 0 aromatic carbocycles. The maximum atomic E-state index is 12.4. The van der Waals surface area contributed by atoms with E-state index < -0.39 is 17.4 Å². The van der Waals surface area contributed by atoms with Gasteiger partial charge in [-0.15, -0.1) is 0 Å². The van der Waals surface area contributed by atoms with Crippen LogP contribution >= 0.6 is 0 Å². The van der Waals surface area contributed by atoms with Crippen molar-refractivity contribution in [2.45, 2.75) is 20.0 Å². The summed E-state index contributed by atoms with van der Waals surface area (Å²) in [6, 6.07) is 0.475. The molecule has 7 heteroatoms. The SMILES string of the molecule is Cc1[nH]n2c(=O)cc(C(F)(F)F)nc2c1C. The Morgan fingerprint density at radius 2 is 2.00 bits per heavy atom. The number of halogens is 3. The molecular weight excluding hydrogens is 223 g/mol. The molecule has 0 aliphatic rings. The number of hydrogen-bond acceptors (Lipinski definition) is 2. The molecule has 0 saturated carbocycles. The molecule has 0 spiro atoms. The fraction of sp³-hybridized carbons (Fsp3) is 0.333. The van der Waals surface area contributed by atoms with Gasteiger partial charge in [0.05, 0.1) is 0 Å². The van der Waals surface area contributed by atoms with Crippen molar-refractivity contribution < 1.29 is 13.2 Å². The number of aromatic amines is 1. The fourth-order valence-electron chi connectivity index (χ4n) is 1.41. The number of aromatic nitrogens is 3. The summed E-state index contributed by atoms with van der Waals surface area (Å²) < 4.78 is 38.2. The molecule has 0 saturated heterocycles. The van der Waals surface area contributed by atoms with Crippen LogP contribution in [0.1, 0.15) is 17.0 Å². The molecule has 2 rings (SSSR count). The highest BCUT2D eigenvalue weighted by molar-refractivity contribution is 5.49. The van der Waals surface area contributed by atoms with Gasteiger partial charge in [-0.1, -0.05) is 0 Å².